The fourth-order valence-electron chi connectivity index (χ4n) is 3.21. The van der Waals surface area contributed by atoms with Gasteiger partial charge < -0.3 is 5.32 Å². The first-order chi connectivity index (χ1) is 13.2. The molecular formula is C21H24N4OS. The topological polar surface area (TPSA) is 78.7 Å². The highest BCUT2D eigenvalue weighted by atomic mass is 32.2. The Morgan fingerprint density at radius 3 is 2.89 bits per heavy atom. The monoisotopic (exact) mass is 380 g/mol. The van der Waals surface area contributed by atoms with Crippen molar-refractivity contribution in [1.82, 2.24) is 9.97 Å². The van der Waals surface area contributed by atoms with Gasteiger partial charge in [-0.3, -0.25) is 4.79 Å². The second-order valence-electron chi connectivity index (χ2n) is 6.79. The molecule has 1 aliphatic carbocycles. The van der Waals surface area contributed by atoms with Crippen molar-refractivity contribution in [3.8, 4) is 6.07 Å². The Hall–Kier alpha value is -2.39. The number of rotatable bonds is 5. The molecule has 0 spiro atoms. The zero-order valence-corrected chi connectivity index (χ0v) is 16.4. The number of nitriles is 1. The van der Waals surface area contributed by atoms with Crippen molar-refractivity contribution in [2.75, 3.05) is 11.1 Å². The zero-order chi connectivity index (χ0) is 19.1. The standard InChI is InChI=1S/C21H24N4OS/c1-15-7-6-11-23-20(15)25-19(26)10-12-27-21-17(14-22)13-16-8-4-2-3-5-9-18(16)24-21/h6-7,11,13H,2-5,8-10,12H2,1H3,(H,23,25,26). The van der Waals surface area contributed by atoms with Gasteiger partial charge in [0, 0.05) is 24.1 Å². The summed E-state index contributed by atoms with van der Waals surface area (Å²) in [6.45, 7) is 1.92. The number of amides is 1. The van der Waals surface area contributed by atoms with E-state index in [9.17, 15) is 10.1 Å². The normalized spacial score (nSPS) is 13.8. The van der Waals surface area contributed by atoms with Gasteiger partial charge in [-0.2, -0.15) is 5.26 Å². The number of thioether (sulfide) groups is 1. The van der Waals surface area contributed by atoms with Gasteiger partial charge in [-0.25, -0.2) is 9.97 Å². The van der Waals surface area contributed by atoms with Crippen molar-refractivity contribution in [2.45, 2.75) is 56.9 Å². The molecule has 140 valence electrons. The highest BCUT2D eigenvalue weighted by molar-refractivity contribution is 7.99. The first-order valence-electron chi connectivity index (χ1n) is 9.44. The van der Waals surface area contributed by atoms with Gasteiger partial charge in [0.1, 0.15) is 16.9 Å². The second kappa shape index (κ2) is 9.52. The van der Waals surface area contributed by atoms with Crippen LogP contribution >= 0.6 is 11.8 Å². The molecule has 0 unspecified atom stereocenters. The van der Waals surface area contributed by atoms with E-state index in [4.69, 9.17) is 4.98 Å². The molecule has 2 aromatic rings. The predicted molar refractivity (Wildman–Crippen MR) is 108 cm³/mol. The minimum Gasteiger partial charge on any atom is -0.310 e. The quantitative estimate of drug-likeness (QED) is 0.776. The Morgan fingerprint density at radius 1 is 1.30 bits per heavy atom. The van der Waals surface area contributed by atoms with E-state index in [-0.39, 0.29) is 5.91 Å². The summed E-state index contributed by atoms with van der Waals surface area (Å²) in [6, 6.07) is 8.04. The molecule has 1 amide bonds. The number of pyridine rings is 2. The Labute approximate surface area is 164 Å². The highest BCUT2D eigenvalue weighted by Crippen LogP contribution is 2.27. The van der Waals surface area contributed by atoms with Crippen LogP contribution in [0.15, 0.2) is 29.4 Å². The van der Waals surface area contributed by atoms with Crippen LogP contribution in [0.25, 0.3) is 0 Å². The Balaban J connectivity index is 1.62. The molecule has 0 aromatic carbocycles. The molecule has 2 heterocycles. The predicted octanol–water partition coefficient (Wildman–Crippen LogP) is 4.44. The molecule has 0 saturated carbocycles. The van der Waals surface area contributed by atoms with E-state index < -0.39 is 0 Å². The van der Waals surface area contributed by atoms with Crippen LogP contribution in [0.5, 0.6) is 0 Å². The third-order valence-electron chi connectivity index (χ3n) is 4.72. The molecular weight excluding hydrogens is 356 g/mol. The van der Waals surface area contributed by atoms with Crippen molar-refractivity contribution >= 4 is 23.5 Å². The summed E-state index contributed by atoms with van der Waals surface area (Å²) in [5, 5.41) is 13.1. The van der Waals surface area contributed by atoms with E-state index in [1.165, 1.54) is 36.6 Å². The fraction of sp³-hybridized carbons (Fsp3) is 0.429. The van der Waals surface area contributed by atoms with Gasteiger partial charge in [0.15, 0.2) is 0 Å². The Morgan fingerprint density at radius 2 is 2.11 bits per heavy atom. The molecule has 2 aromatic heterocycles. The highest BCUT2D eigenvalue weighted by Gasteiger charge is 2.14. The van der Waals surface area contributed by atoms with Gasteiger partial charge in [-0.15, -0.1) is 11.8 Å². The summed E-state index contributed by atoms with van der Waals surface area (Å²) in [5.74, 6) is 1.11. The number of aromatic nitrogens is 2. The maximum Gasteiger partial charge on any atom is 0.226 e. The van der Waals surface area contributed by atoms with E-state index in [0.29, 0.717) is 23.6 Å². The molecule has 27 heavy (non-hydrogen) atoms. The summed E-state index contributed by atoms with van der Waals surface area (Å²) in [7, 11) is 0. The van der Waals surface area contributed by atoms with Gasteiger partial charge >= 0.3 is 0 Å². The van der Waals surface area contributed by atoms with Crippen LogP contribution in [0.3, 0.4) is 0 Å². The van der Waals surface area contributed by atoms with E-state index in [1.807, 2.05) is 25.1 Å². The van der Waals surface area contributed by atoms with Crippen molar-refractivity contribution in [3.63, 3.8) is 0 Å². The van der Waals surface area contributed by atoms with Crippen LogP contribution < -0.4 is 5.32 Å². The molecule has 0 radical (unpaired) electrons. The van der Waals surface area contributed by atoms with Crippen molar-refractivity contribution in [1.29, 1.82) is 5.26 Å². The van der Waals surface area contributed by atoms with Gasteiger partial charge in [0.05, 0.1) is 5.56 Å². The molecule has 0 bridgehead atoms. The first-order valence-corrected chi connectivity index (χ1v) is 10.4. The molecule has 3 rings (SSSR count). The molecule has 0 saturated heterocycles. The molecule has 5 nitrogen and oxygen atoms in total. The smallest absolute Gasteiger partial charge is 0.226 e. The van der Waals surface area contributed by atoms with E-state index >= 15 is 0 Å². The average Bonchev–Trinajstić information content (AvgIpc) is 2.64. The number of nitrogens with one attached hydrogen (secondary N) is 1. The lowest BCUT2D eigenvalue weighted by molar-refractivity contribution is -0.115. The van der Waals surface area contributed by atoms with Crippen LogP contribution in [0.1, 0.15) is 54.5 Å². The van der Waals surface area contributed by atoms with Gasteiger partial charge in [-0.05, 0) is 55.9 Å². The number of fused-ring (bicyclic) bond motifs is 1. The van der Waals surface area contributed by atoms with E-state index in [1.54, 1.807) is 6.20 Å². The Bertz CT molecular complexity index is 860. The third-order valence-corrected chi connectivity index (χ3v) is 5.71. The number of hydrogen-bond acceptors (Lipinski definition) is 5. The summed E-state index contributed by atoms with van der Waals surface area (Å²) in [5.41, 5.74) is 3.91. The first kappa shape index (κ1) is 19.4. The molecule has 6 heteroatoms. The lowest BCUT2D eigenvalue weighted by atomic mass is 9.96. The van der Waals surface area contributed by atoms with Gasteiger partial charge in [-0.1, -0.05) is 18.9 Å². The number of anilines is 1. The minimum atomic E-state index is -0.0749. The minimum absolute atomic E-state index is 0.0749. The Kier molecular flexibility index (Phi) is 6.83. The molecule has 0 fully saturated rings. The maximum absolute atomic E-state index is 12.2. The van der Waals surface area contributed by atoms with E-state index in [0.717, 1.165) is 35.5 Å². The number of nitrogens with zero attached hydrogens (tertiary/aromatic N) is 3. The van der Waals surface area contributed by atoms with Crippen LogP contribution in [-0.4, -0.2) is 21.6 Å². The fourth-order valence-corrected chi connectivity index (χ4v) is 4.13. The zero-order valence-electron chi connectivity index (χ0n) is 15.6. The summed E-state index contributed by atoms with van der Waals surface area (Å²) in [4.78, 5) is 21.1. The van der Waals surface area contributed by atoms with E-state index in [2.05, 4.69) is 16.4 Å². The number of carbonyl (C=O) groups is 1. The largest absolute Gasteiger partial charge is 0.310 e. The van der Waals surface area contributed by atoms with Gasteiger partial charge in [0.2, 0.25) is 5.91 Å². The summed E-state index contributed by atoms with van der Waals surface area (Å²) in [6.07, 6.45) is 8.82. The lowest BCUT2D eigenvalue weighted by Gasteiger charge is -2.15. The van der Waals surface area contributed by atoms with Gasteiger partial charge in [0.25, 0.3) is 0 Å². The molecule has 1 aliphatic rings. The molecule has 0 aliphatic heterocycles. The SMILES string of the molecule is Cc1cccnc1NC(=O)CCSc1nc2c(cc1C#N)CCCCCC2. The summed E-state index contributed by atoms with van der Waals surface area (Å²) >= 11 is 1.48. The summed E-state index contributed by atoms with van der Waals surface area (Å²) < 4.78 is 0. The van der Waals surface area contributed by atoms with Crippen molar-refractivity contribution in [3.05, 3.63) is 46.8 Å². The third kappa shape index (κ3) is 5.30. The lowest BCUT2D eigenvalue weighted by Crippen LogP contribution is -2.14. The van der Waals surface area contributed by atoms with Crippen LogP contribution in [0, 0.1) is 18.3 Å². The number of carbonyl (C=O) groups excluding carboxylic acids is 1. The van der Waals surface area contributed by atoms with Crippen LogP contribution in [-0.2, 0) is 17.6 Å². The number of hydrogen-bond donors (Lipinski definition) is 1. The molecule has 0 atom stereocenters. The molecule has 1 N–H and O–H groups in total. The second-order valence-corrected chi connectivity index (χ2v) is 7.87. The average molecular weight is 381 g/mol. The number of aryl methyl sites for hydroxylation is 3. The maximum atomic E-state index is 12.2. The van der Waals surface area contributed by atoms with Crippen molar-refractivity contribution in [2.24, 2.45) is 0 Å². The van der Waals surface area contributed by atoms with Crippen LogP contribution in [0.4, 0.5) is 5.82 Å². The van der Waals surface area contributed by atoms with Crippen LogP contribution in [0.2, 0.25) is 0 Å². The van der Waals surface area contributed by atoms with Crippen molar-refractivity contribution < 1.29 is 4.79 Å².